The zero-order valence-corrected chi connectivity index (χ0v) is 19.1. The van der Waals surface area contributed by atoms with Gasteiger partial charge in [0.2, 0.25) is 10.0 Å². The standard InChI is InChI=1S/C20H23ClN6O3S/c1-14-10-15(2)27(24-14)20-12-19(22-13-23-20)25-6-8-26(9-7-25)31(28,29)18-11-16(21)4-5-17(18)30-3/h4-5,10-13H,6-9H2,1-3H3. The van der Waals surface area contributed by atoms with Gasteiger partial charge in [-0.25, -0.2) is 23.1 Å². The van der Waals surface area contributed by atoms with E-state index in [2.05, 4.69) is 15.1 Å². The van der Waals surface area contributed by atoms with Gasteiger partial charge in [0.1, 0.15) is 22.8 Å². The van der Waals surface area contributed by atoms with E-state index in [1.165, 1.54) is 23.8 Å². The maximum atomic E-state index is 13.2. The summed E-state index contributed by atoms with van der Waals surface area (Å²) >= 11 is 6.03. The third kappa shape index (κ3) is 4.23. The van der Waals surface area contributed by atoms with Crippen LogP contribution in [0.2, 0.25) is 5.02 Å². The van der Waals surface area contributed by atoms with Gasteiger partial charge in [-0.15, -0.1) is 0 Å². The van der Waals surface area contributed by atoms with Gasteiger partial charge in [-0.2, -0.15) is 9.40 Å². The number of aromatic nitrogens is 4. The van der Waals surface area contributed by atoms with Gasteiger partial charge in [0, 0.05) is 43.0 Å². The van der Waals surface area contributed by atoms with Crippen LogP contribution in [0.4, 0.5) is 5.82 Å². The number of methoxy groups -OCH3 is 1. The summed E-state index contributed by atoms with van der Waals surface area (Å²) in [5.74, 6) is 1.68. The van der Waals surface area contributed by atoms with Crippen molar-refractivity contribution in [2.24, 2.45) is 0 Å². The van der Waals surface area contributed by atoms with Crippen LogP contribution >= 0.6 is 11.6 Å². The van der Waals surface area contributed by atoms with E-state index in [0.717, 1.165) is 17.2 Å². The maximum Gasteiger partial charge on any atom is 0.246 e. The Hall–Kier alpha value is -2.69. The zero-order chi connectivity index (χ0) is 22.2. The SMILES string of the molecule is COc1ccc(Cl)cc1S(=O)(=O)N1CCN(c2cc(-n3nc(C)cc3C)ncn2)CC1. The number of rotatable bonds is 5. The summed E-state index contributed by atoms with van der Waals surface area (Å²) in [7, 11) is -2.30. The molecule has 0 N–H and O–H groups in total. The summed E-state index contributed by atoms with van der Waals surface area (Å²) in [5, 5.41) is 4.81. The Kier molecular flexibility index (Phi) is 5.87. The number of sulfonamides is 1. The molecule has 0 saturated carbocycles. The van der Waals surface area contributed by atoms with Gasteiger partial charge in [-0.1, -0.05) is 11.6 Å². The summed E-state index contributed by atoms with van der Waals surface area (Å²) in [5.41, 5.74) is 1.89. The van der Waals surface area contributed by atoms with Crippen LogP contribution in [0.15, 0.2) is 41.6 Å². The van der Waals surface area contributed by atoms with E-state index >= 15 is 0 Å². The molecule has 1 aliphatic rings. The molecule has 11 heteroatoms. The van der Waals surface area contributed by atoms with Crippen molar-refractivity contribution >= 4 is 27.4 Å². The van der Waals surface area contributed by atoms with Crippen LogP contribution in [0.5, 0.6) is 5.75 Å². The second-order valence-corrected chi connectivity index (χ2v) is 9.60. The number of benzene rings is 1. The summed E-state index contributed by atoms with van der Waals surface area (Å²) in [4.78, 5) is 10.8. The third-order valence-corrected chi connectivity index (χ3v) is 7.33. The average Bonchev–Trinajstić information content (AvgIpc) is 3.12. The van der Waals surface area contributed by atoms with Crippen molar-refractivity contribution in [1.29, 1.82) is 0 Å². The predicted octanol–water partition coefficient (Wildman–Crippen LogP) is 2.45. The molecule has 3 aromatic rings. The molecule has 2 aromatic heterocycles. The van der Waals surface area contributed by atoms with Crippen LogP contribution in [0, 0.1) is 13.8 Å². The molecular formula is C20H23ClN6O3S. The molecule has 0 spiro atoms. The Balaban J connectivity index is 1.52. The quantitative estimate of drug-likeness (QED) is 0.574. The van der Waals surface area contributed by atoms with Crippen molar-refractivity contribution in [2.45, 2.75) is 18.7 Å². The number of ether oxygens (including phenoxy) is 1. The fraction of sp³-hybridized carbons (Fsp3) is 0.350. The second kappa shape index (κ2) is 8.45. The lowest BCUT2D eigenvalue weighted by Crippen LogP contribution is -2.49. The molecule has 0 radical (unpaired) electrons. The first-order valence-electron chi connectivity index (χ1n) is 9.74. The van der Waals surface area contributed by atoms with E-state index in [1.807, 2.05) is 30.9 Å². The first-order valence-corrected chi connectivity index (χ1v) is 11.6. The van der Waals surface area contributed by atoms with Gasteiger partial charge in [0.15, 0.2) is 5.82 Å². The van der Waals surface area contributed by atoms with Crippen LogP contribution in [0.25, 0.3) is 5.82 Å². The molecule has 1 fully saturated rings. The first kappa shape index (κ1) is 21.5. The highest BCUT2D eigenvalue weighted by Crippen LogP contribution is 2.30. The van der Waals surface area contributed by atoms with Crippen molar-refractivity contribution in [3.8, 4) is 11.6 Å². The van der Waals surface area contributed by atoms with Crippen LogP contribution in [0.3, 0.4) is 0 Å². The number of anilines is 1. The smallest absolute Gasteiger partial charge is 0.246 e. The van der Waals surface area contributed by atoms with Crippen LogP contribution in [0.1, 0.15) is 11.4 Å². The molecule has 1 aromatic carbocycles. The third-order valence-electron chi connectivity index (χ3n) is 5.17. The molecule has 4 rings (SSSR count). The molecule has 3 heterocycles. The number of halogens is 1. The minimum absolute atomic E-state index is 0.0739. The fourth-order valence-electron chi connectivity index (χ4n) is 3.64. The van der Waals surface area contributed by atoms with Gasteiger partial charge in [-0.05, 0) is 38.1 Å². The lowest BCUT2D eigenvalue weighted by Gasteiger charge is -2.34. The highest BCUT2D eigenvalue weighted by Gasteiger charge is 2.31. The maximum absolute atomic E-state index is 13.2. The topological polar surface area (TPSA) is 93.5 Å². The Morgan fingerprint density at radius 2 is 1.71 bits per heavy atom. The molecule has 0 amide bonds. The second-order valence-electron chi connectivity index (χ2n) is 7.26. The minimum Gasteiger partial charge on any atom is -0.495 e. The van der Waals surface area contributed by atoms with Crippen molar-refractivity contribution in [3.05, 3.63) is 53.1 Å². The van der Waals surface area contributed by atoms with Crippen LogP contribution in [-0.4, -0.2) is 65.8 Å². The van der Waals surface area contributed by atoms with Crippen molar-refractivity contribution in [1.82, 2.24) is 24.1 Å². The molecule has 1 aliphatic heterocycles. The van der Waals surface area contributed by atoms with Gasteiger partial charge < -0.3 is 9.64 Å². The monoisotopic (exact) mass is 462 g/mol. The highest BCUT2D eigenvalue weighted by molar-refractivity contribution is 7.89. The van der Waals surface area contributed by atoms with E-state index < -0.39 is 10.0 Å². The van der Waals surface area contributed by atoms with E-state index in [-0.39, 0.29) is 10.6 Å². The van der Waals surface area contributed by atoms with Crippen molar-refractivity contribution < 1.29 is 13.2 Å². The van der Waals surface area contributed by atoms with E-state index in [0.29, 0.717) is 37.0 Å². The Morgan fingerprint density at radius 1 is 1.00 bits per heavy atom. The number of piperazine rings is 1. The highest BCUT2D eigenvalue weighted by atomic mass is 35.5. The molecule has 0 atom stereocenters. The van der Waals surface area contributed by atoms with Gasteiger partial charge in [0.25, 0.3) is 0 Å². The van der Waals surface area contributed by atoms with Gasteiger partial charge >= 0.3 is 0 Å². The fourth-order valence-corrected chi connectivity index (χ4v) is 5.48. The predicted molar refractivity (Wildman–Crippen MR) is 118 cm³/mol. The van der Waals surface area contributed by atoms with Crippen molar-refractivity contribution in [2.75, 3.05) is 38.2 Å². The van der Waals surface area contributed by atoms with E-state index in [4.69, 9.17) is 16.3 Å². The van der Waals surface area contributed by atoms with Crippen LogP contribution in [-0.2, 0) is 10.0 Å². The lowest BCUT2D eigenvalue weighted by molar-refractivity contribution is 0.373. The molecule has 31 heavy (non-hydrogen) atoms. The number of aryl methyl sites for hydroxylation is 2. The minimum atomic E-state index is -3.74. The Bertz CT molecular complexity index is 1210. The largest absolute Gasteiger partial charge is 0.495 e. The summed E-state index contributed by atoms with van der Waals surface area (Å²) in [6.45, 7) is 5.52. The Morgan fingerprint density at radius 3 is 2.35 bits per heavy atom. The number of hydrogen-bond donors (Lipinski definition) is 0. The molecular weight excluding hydrogens is 440 g/mol. The number of nitrogens with zero attached hydrogens (tertiary/aromatic N) is 6. The van der Waals surface area contributed by atoms with Crippen molar-refractivity contribution in [3.63, 3.8) is 0 Å². The van der Waals surface area contributed by atoms with E-state index in [1.54, 1.807) is 16.8 Å². The molecule has 9 nitrogen and oxygen atoms in total. The average molecular weight is 463 g/mol. The van der Waals surface area contributed by atoms with Gasteiger partial charge in [0.05, 0.1) is 12.8 Å². The molecule has 0 bridgehead atoms. The van der Waals surface area contributed by atoms with Gasteiger partial charge in [-0.3, -0.25) is 0 Å². The van der Waals surface area contributed by atoms with E-state index in [9.17, 15) is 8.42 Å². The van der Waals surface area contributed by atoms with Crippen LogP contribution < -0.4 is 9.64 Å². The first-order chi connectivity index (χ1) is 14.8. The summed E-state index contributed by atoms with van der Waals surface area (Å²) in [6, 6.07) is 8.44. The molecule has 1 saturated heterocycles. The zero-order valence-electron chi connectivity index (χ0n) is 17.5. The Labute approximate surface area is 186 Å². The molecule has 164 valence electrons. The number of hydrogen-bond acceptors (Lipinski definition) is 7. The molecule has 0 aliphatic carbocycles. The molecule has 0 unspecified atom stereocenters. The summed E-state index contributed by atoms with van der Waals surface area (Å²) < 4.78 is 34.8. The lowest BCUT2D eigenvalue weighted by atomic mass is 10.3. The normalized spacial score (nSPS) is 15.3. The summed E-state index contributed by atoms with van der Waals surface area (Å²) in [6.07, 6.45) is 1.50.